The second-order valence-electron chi connectivity index (χ2n) is 4.29. The van der Waals surface area contributed by atoms with Gasteiger partial charge in [0.2, 0.25) is 5.91 Å². The topological polar surface area (TPSA) is 47.6 Å². The van der Waals surface area contributed by atoms with Crippen LogP contribution in [0.25, 0.3) is 0 Å². The fraction of sp³-hybridized carbons (Fsp3) is 0.900. The molecule has 0 aromatic carbocycles. The number of amides is 1. The van der Waals surface area contributed by atoms with Crippen LogP contribution in [0.2, 0.25) is 0 Å². The third-order valence-corrected chi connectivity index (χ3v) is 2.09. The molecule has 4 heteroatoms. The number of ether oxygens (including phenoxy) is 2. The number of hydrogen-bond donors (Lipinski definition) is 1. The quantitative estimate of drug-likeness (QED) is 0.742. The zero-order valence-corrected chi connectivity index (χ0v) is 9.13. The molecule has 1 amide bonds. The van der Waals surface area contributed by atoms with E-state index < -0.39 is 0 Å². The Labute approximate surface area is 85.0 Å². The van der Waals surface area contributed by atoms with E-state index in [0.717, 1.165) is 19.6 Å². The summed E-state index contributed by atoms with van der Waals surface area (Å²) < 4.78 is 10.8. The standard InChI is InChI=1S/C10H19NO3/c1-8(12)11-10(2,3)7-9-13-5-4-6-14-9/h9H,4-7H2,1-3H3,(H,11,12). The van der Waals surface area contributed by atoms with E-state index in [1.54, 1.807) is 0 Å². The Hall–Kier alpha value is -0.610. The Kier molecular flexibility index (Phi) is 3.89. The van der Waals surface area contributed by atoms with Crippen LogP contribution < -0.4 is 5.32 Å². The van der Waals surface area contributed by atoms with Crippen LogP contribution >= 0.6 is 0 Å². The van der Waals surface area contributed by atoms with Gasteiger partial charge in [-0.1, -0.05) is 0 Å². The fourth-order valence-corrected chi connectivity index (χ4v) is 1.60. The van der Waals surface area contributed by atoms with Crippen molar-refractivity contribution in [3.05, 3.63) is 0 Å². The molecular formula is C10H19NO3. The second kappa shape index (κ2) is 4.75. The van der Waals surface area contributed by atoms with Crippen LogP contribution in [0.5, 0.6) is 0 Å². The van der Waals surface area contributed by atoms with Gasteiger partial charge in [-0.2, -0.15) is 0 Å². The smallest absolute Gasteiger partial charge is 0.217 e. The van der Waals surface area contributed by atoms with Crippen molar-refractivity contribution in [1.29, 1.82) is 0 Å². The highest BCUT2D eigenvalue weighted by atomic mass is 16.7. The van der Waals surface area contributed by atoms with Gasteiger partial charge in [-0.05, 0) is 20.3 Å². The van der Waals surface area contributed by atoms with Gasteiger partial charge >= 0.3 is 0 Å². The van der Waals surface area contributed by atoms with Gasteiger partial charge in [0.1, 0.15) is 0 Å². The Morgan fingerprint density at radius 2 is 2.00 bits per heavy atom. The third-order valence-electron chi connectivity index (χ3n) is 2.09. The fourth-order valence-electron chi connectivity index (χ4n) is 1.60. The van der Waals surface area contributed by atoms with Crippen molar-refractivity contribution >= 4 is 5.91 Å². The minimum atomic E-state index is -0.270. The number of carbonyl (C=O) groups is 1. The third kappa shape index (κ3) is 4.07. The van der Waals surface area contributed by atoms with Crippen molar-refractivity contribution in [3.63, 3.8) is 0 Å². The van der Waals surface area contributed by atoms with E-state index >= 15 is 0 Å². The van der Waals surface area contributed by atoms with Gasteiger partial charge in [0, 0.05) is 18.9 Å². The zero-order valence-electron chi connectivity index (χ0n) is 9.13. The van der Waals surface area contributed by atoms with E-state index in [4.69, 9.17) is 9.47 Å². The van der Waals surface area contributed by atoms with Crippen LogP contribution in [0.15, 0.2) is 0 Å². The Bertz CT molecular complexity index is 198. The summed E-state index contributed by atoms with van der Waals surface area (Å²) in [5.74, 6) is -0.0224. The predicted molar refractivity (Wildman–Crippen MR) is 52.8 cm³/mol. The molecule has 0 atom stereocenters. The molecule has 14 heavy (non-hydrogen) atoms. The summed E-state index contributed by atoms with van der Waals surface area (Å²) in [6.07, 6.45) is 1.47. The maximum absolute atomic E-state index is 10.9. The summed E-state index contributed by atoms with van der Waals surface area (Å²) in [6.45, 7) is 6.96. The summed E-state index contributed by atoms with van der Waals surface area (Å²) >= 11 is 0. The van der Waals surface area contributed by atoms with E-state index in [-0.39, 0.29) is 17.7 Å². The molecule has 0 spiro atoms. The first-order valence-corrected chi connectivity index (χ1v) is 5.01. The first kappa shape index (κ1) is 11.5. The van der Waals surface area contributed by atoms with E-state index in [1.165, 1.54) is 6.92 Å². The summed E-state index contributed by atoms with van der Waals surface area (Å²) in [5, 5.41) is 2.87. The molecule has 1 heterocycles. The molecule has 0 unspecified atom stereocenters. The molecule has 82 valence electrons. The highest BCUT2D eigenvalue weighted by molar-refractivity contribution is 5.73. The Balaban J connectivity index is 2.36. The van der Waals surface area contributed by atoms with Crippen LogP contribution in [0.1, 0.15) is 33.6 Å². The summed E-state index contributed by atoms with van der Waals surface area (Å²) in [7, 11) is 0. The van der Waals surface area contributed by atoms with E-state index in [2.05, 4.69) is 5.32 Å². The SMILES string of the molecule is CC(=O)NC(C)(C)CC1OCCCO1. The van der Waals surface area contributed by atoms with Gasteiger partial charge < -0.3 is 14.8 Å². The minimum Gasteiger partial charge on any atom is -0.352 e. The molecule has 1 rings (SSSR count). The number of rotatable bonds is 3. The van der Waals surface area contributed by atoms with Crippen molar-refractivity contribution in [2.75, 3.05) is 13.2 Å². The van der Waals surface area contributed by atoms with Gasteiger partial charge in [-0.3, -0.25) is 4.79 Å². The molecule has 0 saturated carbocycles. The average molecular weight is 201 g/mol. The predicted octanol–water partition coefficient (Wildman–Crippen LogP) is 1.05. The molecular weight excluding hydrogens is 182 g/mol. The largest absolute Gasteiger partial charge is 0.352 e. The van der Waals surface area contributed by atoms with Crippen LogP contribution in [0.3, 0.4) is 0 Å². The maximum atomic E-state index is 10.9. The molecule has 0 aromatic rings. The van der Waals surface area contributed by atoms with Crippen molar-refractivity contribution in [2.24, 2.45) is 0 Å². The molecule has 1 saturated heterocycles. The van der Waals surface area contributed by atoms with Crippen molar-refractivity contribution in [2.45, 2.75) is 45.4 Å². The molecule has 4 nitrogen and oxygen atoms in total. The molecule has 0 bridgehead atoms. The molecule has 1 aliphatic heterocycles. The van der Waals surface area contributed by atoms with Gasteiger partial charge in [-0.15, -0.1) is 0 Å². The number of hydrogen-bond acceptors (Lipinski definition) is 3. The first-order valence-electron chi connectivity index (χ1n) is 5.01. The monoisotopic (exact) mass is 201 g/mol. The minimum absolute atomic E-state index is 0.0224. The van der Waals surface area contributed by atoms with E-state index in [1.807, 2.05) is 13.8 Å². The van der Waals surface area contributed by atoms with Crippen molar-refractivity contribution < 1.29 is 14.3 Å². The summed E-state index contributed by atoms with van der Waals surface area (Å²) in [6, 6.07) is 0. The Morgan fingerprint density at radius 3 is 2.50 bits per heavy atom. The van der Waals surface area contributed by atoms with Crippen molar-refractivity contribution in [1.82, 2.24) is 5.32 Å². The lowest BCUT2D eigenvalue weighted by molar-refractivity contribution is -0.188. The summed E-state index contributed by atoms with van der Waals surface area (Å²) in [4.78, 5) is 10.9. The molecule has 0 aromatic heterocycles. The van der Waals surface area contributed by atoms with Crippen LogP contribution in [-0.4, -0.2) is 30.9 Å². The normalized spacial score (nSPS) is 19.4. The zero-order chi connectivity index (χ0) is 10.6. The highest BCUT2D eigenvalue weighted by Gasteiger charge is 2.26. The lowest BCUT2D eigenvalue weighted by atomic mass is 10.00. The molecule has 0 radical (unpaired) electrons. The first-order chi connectivity index (χ1) is 6.49. The molecule has 1 N–H and O–H groups in total. The van der Waals surface area contributed by atoms with E-state index in [9.17, 15) is 4.79 Å². The lowest BCUT2D eigenvalue weighted by Crippen LogP contribution is -2.46. The van der Waals surface area contributed by atoms with E-state index in [0.29, 0.717) is 6.42 Å². The molecule has 0 aliphatic carbocycles. The second-order valence-corrected chi connectivity index (χ2v) is 4.29. The van der Waals surface area contributed by atoms with Crippen molar-refractivity contribution in [3.8, 4) is 0 Å². The summed E-state index contributed by atoms with van der Waals surface area (Å²) in [5.41, 5.74) is -0.270. The average Bonchev–Trinajstić information content (AvgIpc) is 2.02. The van der Waals surface area contributed by atoms with Crippen LogP contribution in [-0.2, 0) is 14.3 Å². The molecule has 1 fully saturated rings. The van der Waals surface area contributed by atoms with Gasteiger partial charge in [-0.25, -0.2) is 0 Å². The maximum Gasteiger partial charge on any atom is 0.217 e. The van der Waals surface area contributed by atoms with Gasteiger partial charge in [0.25, 0.3) is 0 Å². The number of carbonyl (C=O) groups excluding carboxylic acids is 1. The van der Waals surface area contributed by atoms with Gasteiger partial charge in [0.15, 0.2) is 6.29 Å². The van der Waals surface area contributed by atoms with Gasteiger partial charge in [0.05, 0.1) is 13.2 Å². The number of nitrogens with one attached hydrogen (secondary N) is 1. The highest BCUT2D eigenvalue weighted by Crippen LogP contribution is 2.17. The lowest BCUT2D eigenvalue weighted by Gasteiger charge is -2.32. The molecule has 1 aliphatic rings. The Morgan fingerprint density at radius 1 is 1.43 bits per heavy atom. The van der Waals surface area contributed by atoms with Crippen LogP contribution in [0.4, 0.5) is 0 Å². The van der Waals surface area contributed by atoms with Crippen LogP contribution in [0, 0.1) is 0 Å².